The van der Waals surface area contributed by atoms with Crippen LogP contribution in [0.15, 0.2) is 30.5 Å². The molecule has 0 radical (unpaired) electrons. The highest BCUT2D eigenvalue weighted by molar-refractivity contribution is 5.82. The Labute approximate surface area is 89.4 Å². The van der Waals surface area contributed by atoms with Gasteiger partial charge in [-0.15, -0.1) is 0 Å². The van der Waals surface area contributed by atoms with Gasteiger partial charge in [-0.3, -0.25) is 0 Å². The summed E-state index contributed by atoms with van der Waals surface area (Å²) in [6.07, 6.45) is 1.98. The first kappa shape index (κ1) is 10.2. The number of H-pyrrole nitrogens is 1. The number of rotatable bonds is 5. The molecule has 0 saturated carbocycles. The molecule has 15 heavy (non-hydrogen) atoms. The number of ether oxygens (including phenoxy) is 1. The maximum absolute atomic E-state index is 4.98. The van der Waals surface area contributed by atoms with E-state index in [4.69, 9.17) is 4.74 Å². The Morgan fingerprint density at radius 3 is 3.13 bits per heavy atom. The molecule has 0 fully saturated rings. The lowest BCUT2D eigenvalue weighted by Gasteiger charge is -2.05. The van der Waals surface area contributed by atoms with Gasteiger partial charge in [0.2, 0.25) is 0 Å². The van der Waals surface area contributed by atoms with Gasteiger partial charge in [-0.2, -0.15) is 0 Å². The lowest BCUT2D eigenvalue weighted by molar-refractivity contribution is 0.199. The molecule has 80 valence electrons. The van der Waals surface area contributed by atoms with Gasteiger partial charge in [0, 0.05) is 37.3 Å². The molecule has 0 atom stereocenters. The smallest absolute Gasteiger partial charge is 0.0587 e. The fraction of sp³-hybridized carbons (Fsp3) is 0.333. The van der Waals surface area contributed by atoms with E-state index in [2.05, 4.69) is 34.6 Å². The molecule has 1 heterocycles. The molecule has 0 aliphatic carbocycles. The van der Waals surface area contributed by atoms with Crippen molar-refractivity contribution in [2.45, 2.75) is 6.54 Å². The molecule has 0 saturated heterocycles. The number of methoxy groups -OCH3 is 1. The zero-order valence-corrected chi connectivity index (χ0v) is 8.92. The molecule has 3 nitrogen and oxygen atoms in total. The molecule has 0 amide bonds. The Morgan fingerprint density at radius 1 is 1.33 bits per heavy atom. The minimum Gasteiger partial charge on any atom is -0.383 e. The molecule has 0 unspecified atom stereocenters. The second-order valence-corrected chi connectivity index (χ2v) is 3.53. The van der Waals surface area contributed by atoms with E-state index in [1.54, 1.807) is 7.11 Å². The zero-order chi connectivity index (χ0) is 10.5. The van der Waals surface area contributed by atoms with Crippen LogP contribution in [0.4, 0.5) is 0 Å². The van der Waals surface area contributed by atoms with Gasteiger partial charge in [-0.05, 0) is 17.7 Å². The van der Waals surface area contributed by atoms with Crippen molar-refractivity contribution < 1.29 is 4.74 Å². The standard InChI is InChI=1S/C12H16N2O/c1-15-8-7-13-9-10-3-2-4-12-11(10)5-6-14-12/h2-6,13-14H,7-9H2,1H3. The van der Waals surface area contributed by atoms with Gasteiger partial charge in [0.25, 0.3) is 0 Å². The molecule has 3 heteroatoms. The Hall–Kier alpha value is -1.32. The van der Waals surface area contributed by atoms with Gasteiger partial charge in [0.15, 0.2) is 0 Å². The normalized spacial score (nSPS) is 11.0. The van der Waals surface area contributed by atoms with Crippen LogP contribution < -0.4 is 5.32 Å². The molecule has 2 N–H and O–H groups in total. The summed E-state index contributed by atoms with van der Waals surface area (Å²) in [4.78, 5) is 3.21. The monoisotopic (exact) mass is 204 g/mol. The number of nitrogens with one attached hydrogen (secondary N) is 2. The summed E-state index contributed by atoms with van der Waals surface area (Å²) in [5.41, 5.74) is 2.52. The lowest BCUT2D eigenvalue weighted by atomic mass is 10.1. The van der Waals surface area contributed by atoms with Crippen LogP contribution in [0.1, 0.15) is 5.56 Å². The highest BCUT2D eigenvalue weighted by Crippen LogP contribution is 2.16. The third kappa shape index (κ3) is 2.37. The van der Waals surface area contributed by atoms with Crippen molar-refractivity contribution in [3.8, 4) is 0 Å². The van der Waals surface area contributed by atoms with Crippen LogP contribution in [0.2, 0.25) is 0 Å². The Kier molecular flexibility index (Phi) is 3.37. The highest BCUT2D eigenvalue weighted by Gasteiger charge is 2.00. The highest BCUT2D eigenvalue weighted by atomic mass is 16.5. The van der Waals surface area contributed by atoms with Crippen molar-refractivity contribution >= 4 is 10.9 Å². The molecular formula is C12H16N2O. The summed E-state index contributed by atoms with van der Waals surface area (Å²) < 4.78 is 4.98. The van der Waals surface area contributed by atoms with Crippen LogP contribution in [0.3, 0.4) is 0 Å². The molecule has 0 aliphatic rings. The van der Waals surface area contributed by atoms with Crippen LogP contribution in [0.5, 0.6) is 0 Å². The van der Waals surface area contributed by atoms with Crippen molar-refractivity contribution in [3.63, 3.8) is 0 Å². The van der Waals surface area contributed by atoms with Gasteiger partial charge in [-0.1, -0.05) is 12.1 Å². The first-order chi connectivity index (χ1) is 7.42. The van der Waals surface area contributed by atoms with E-state index >= 15 is 0 Å². The average Bonchev–Trinajstić information content (AvgIpc) is 2.73. The first-order valence-electron chi connectivity index (χ1n) is 5.16. The molecule has 2 aromatic rings. The SMILES string of the molecule is COCCNCc1cccc2[nH]ccc12. The van der Waals surface area contributed by atoms with Crippen LogP contribution in [-0.4, -0.2) is 25.2 Å². The van der Waals surface area contributed by atoms with Crippen LogP contribution in [0, 0.1) is 0 Å². The summed E-state index contributed by atoms with van der Waals surface area (Å²) in [5, 5.41) is 4.64. The summed E-state index contributed by atoms with van der Waals surface area (Å²) in [6.45, 7) is 2.53. The minimum atomic E-state index is 0.753. The predicted molar refractivity (Wildman–Crippen MR) is 61.9 cm³/mol. The topological polar surface area (TPSA) is 37.0 Å². The molecule has 0 spiro atoms. The summed E-state index contributed by atoms with van der Waals surface area (Å²) in [7, 11) is 1.72. The van der Waals surface area contributed by atoms with E-state index in [9.17, 15) is 0 Å². The molecule has 0 bridgehead atoms. The van der Waals surface area contributed by atoms with E-state index in [0.717, 1.165) is 19.7 Å². The number of aromatic amines is 1. The van der Waals surface area contributed by atoms with E-state index in [1.807, 2.05) is 6.20 Å². The summed E-state index contributed by atoms with van der Waals surface area (Å²) in [6, 6.07) is 8.43. The van der Waals surface area contributed by atoms with Gasteiger partial charge < -0.3 is 15.0 Å². The maximum atomic E-state index is 4.98. The molecule has 1 aromatic carbocycles. The van der Waals surface area contributed by atoms with Crippen molar-refractivity contribution in [1.29, 1.82) is 0 Å². The van der Waals surface area contributed by atoms with E-state index in [-0.39, 0.29) is 0 Å². The first-order valence-corrected chi connectivity index (χ1v) is 5.16. The number of benzene rings is 1. The summed E-state index contributed by atoms with van der Waals surface area (Å²) in [5.74, 6) is 0. The summed E-state index contributed by atoms with van der Waals surface area (Å²) >= 11 is 0. The fourth-order valence-electron chi connectivity index (χ4n) is 1.70. The Morgan fingerprint density at radius 2 is 2.27 bits per heavy atom. The fourth-order valence-corrected chi connectivity index (χ4v) is 1.70. The quantitative estimate of drug-likeness (QED) is 0.730. The van der Waals surface area contributed by atoms with Crippen LogP contribution >= 0.6 is 0 Å². The second kappa shape index (κ2) is 4.96. The maximum Gasteiger partial charge on any atom is 0.0587 e. The van der Waals surface area contributed by atoms with Gasteiger partial charge >= 0.3 is 0 Å². The lowest BCUT2D eigenvalue weighted by Crippen LogP contribution is -2.18. The van der Waals surface area contributed by atoms with E-state index in [0.29, 0.717) is 0 Å². The number of aromatic nitrogens is 1. The largest absolute Gasteiger partial charge is 0.383 e. The van der Waals surface area contributed by atoms with Crippen molar-refractivity contribution in [2.75, 3.05) is 20.3 Å². The van der Waals surface area contributed by atoms with Gasteiger partial charge in [-0.25, -0.2) is 0 Å². The van der Waals surface area contributed by atoms with Crippen molar-refractivity contribution in [1.82, 2.24) is 10.3 Å². The van der Waals surface area contributed by atoms with Crippen molar-refractivity contribution in [2.24, 2.45) is 0 Å². The van der Waals surface area contributed by atoms with Gasteiger partial charge in [0.05, 0.1) is 6.61 Å². The molecule has 2 rings (SSSR count). The van der Waals surface area contributed by atoms with Crippen molar-refractivity contribution in [3.05, 3.63) is 36.0 Å². The molecule has 0 aliphatic heterocycles. The van der Waals surface area contributed by atoms with E-state index < -0.39 is 0 Å². The average molecular weight is 204 g/mol. The third-order valence-electron chi connectivity index (χ3n) is 2.48. The van der Waals surface area contributed by atoms with Crippen LogP contribution in [0.25, 0.3) is 10.9 Å². The second-order valence-electron chi connectivity index (χ2n) is 3.53. The van der Waals surface area contributed by atoms with Crippen LogP contribution in [-0.2, 0) is 11.3 Å². The number of fused-ring (bicyclic) bond motifs is 1. The predicted octanol–water partition coefficient (Wildman–Crippen LogP) is 1.90. The third-order valence-corrected chi connectivity index (χ3v) is 2.48. The number of hydrogen-bond acceptors (Lipinski definition) is 2. The van der Waals surface area contributed by atoms with E-state index in [1.165, 1.54) is 16.5 Å². The minimum absolute atomic E-state index is 0.753. The number of hydrogen-bond donors (Lipinski definition) is 2. The Balaban J connectivity index is 2.04. The van der Waals surface area contributed by atoms with Gasteiger partial charge in [0.1, 0.15) is 0 Å². The molecule has 1 aromatic heterocycles. The zero-order valence-electron chi connectivity index (χ0n) is 8.92. The Bertz CT molecular complexity index is 422. The molecular weight excluding hydrogens is 188 g/mol.